The number of carbonyl (C=O) groups is 1. The SMILES string of the molecule is COc1ccc(NC(=O)N(CCc2ccc(OC)c(OC)c2)Cc2cc3cc4c(cc3[nH]c2=O)OCO4)cc1. The number of fused-ring (bicyclic) bond motifs is 2. The van der Waals surface area contributed by atoms with Crippen LogP contribution in [0.25, 0.3) is 10.9 Å². The molecule has 10 nitrogen and oxygen atoms in total. The number of amides is 2. The number of anilines is 1. The molecule has 5 rings (SSSR count). The minimum absolute atomic E-state index is 0.0923. The van der Waals surface area contributed by atoms with E-state index in [1.165, 1.54) is 0 Å². The molecular formula is C29H29N3O7. The Hall–Kier alpha value is -4.86. The molecule has 0 spiro atoms. The Labute approximate surface area is 225 Å². The molecule has 2 heterocycles. The lowest BCUT2D eigenvalue weighted by Crippen LogP contribution is -2.37. The van der Waals surface area contributed by atoms with Crippen LogP contribution in [0, 0.1) is 0 Å². The van der Waals surface area contributed by atoms with Crippen LogP contribution in [0.5, 0.6) is 28.7 Å². The van der Waals surface area contributed by atoms with Crippen molar-refractivity contribution >= 4 is 22.6 Å². The third-order valence-corrected chi connectivity index (χ3v) is 6.52. The summed E-state index contributed by atoms with van der Waals surface area (Å²) in [6, 6.07) is 17.7. The first-order valence-corrected chi connectivity index (χ1v) is 12.3. The van der Waals surface area contributed by atoms with Crippen LogP contribution >= 0.6 is 0 Å². The number of ether oxygens (including phenoxy) is 5. The molecule has 0 saturated carbocycles. The topological polar surface area (TPSA) is 111 Å². The summed E-state index contributed by atoms with van der Waals surface area (Å²) >= 11 is 0. The average Bonchev–Trinajstić information content (AvgIpc) is 3.41. The first kappa shape index (κ1) is 25.8. The summed E-state index contributed by atoms with van der Waals surface area (Å²) in [7, 11) is 4.74. The van der Waals surface area contributed by atoms with Crippen LogP contribution in [-0.4, -0.2) is 50.6 Å². The second-order valence-corrected chi connectivity index (χ2v) is 8.94. The van der Waals surface area contributed by atoms with Crippen molar-refractivity contribution in [3.63, 3.8) is 0 Å². The lowest BCUT2D eigenvalue weighted by Gasteiger charge is -2.23. The van der Waals surface area contributed by atoms with Gasteiger partial charge in [0.2, 0.25) is 6.79 Å². The van der Waals surface area contributed by atoms with Crippen molar-refractivity contribution < 1.29 is 28.5 Å². The van der Waals surface area contributed by atoms with Crippen molar-refractivity contribution in [2.45, 2.75) is 13.0 Å². The normalized spacial score (nSPS) is 11.8. The standard InChI is InChI=1S/C29H29N3O7/c1-35-22-7-5-21(6-8-22)30-29(34)32(11-10-18-4-9-24(36-2)25(12-18)37-3)16-20-13-19-14-26-27(39-17-38-26)15-23(19)31-28(20)33/h4-9,12-15H,10-11,16-17H2,1-3H3,(H,30,34)(H,31,33). The van der Waals surface area contributed by atoms with Gasteiger partial charge in [0.05, 0.1) is 33.4 Å². The van der Waals surface area contributed by atoms with Gasteiger partial charge in [0.25, 0.3) is 5.56 Å². The Balaban J connectivity index is 1.41. The van der Waals surface area contributed by atoms with E-state index in [9.17, 15) is 9.59 Å². The molecule has 0 unspecified atom stereocenters. The number of hydrogen-bond acceptors (Lipinski definition) is 7. The van der Waals surface area contributed by atoms with Crippen LogP contribution < -0.4 is 34.6 Å². The molecule has 10 heteroatoms. The first-order chi connectivity index (χ1) is 19.0. The van der Waals surface area contributed by atoms with Crippen LogP contribution in [0.1, 0.15) is 11.1 Å². The molecule has 0 bridgehead atoms. The van der Waals surface area contributed by atoms with E-state index < -0.39 is 0 Å². The van der Waals surface area contributed by atoms with Crippen LogP contribution in [-0.2, 0) is 13.0 Å². The number of pyridine rings is 1. The number of hydrogen-bond donors (Lipinski definition) is 2. The Bertz CT molecular complexity index is 1550. The van der Waals surface area contributed by atoms with Gasteiger partial charge in [0.1, 0.15) is 5.75 Å². The predicted octanol–water partition coefficient (Wildman–Crippen LogP) is 4.56. The number of nitrogens with one attached hydrogen (secondary N) is 2. The van der Waals surface area contributed by atoms with Gasteiger partial charge in [-0.05, 0) is 60.5 Å². The average molecular weight is 532 g/mol. The maximum absolute atomic E-state index is 13.4. The molecule has 2 N–H and O–H groups in total. The number of urea groups is 1. The third-order valence-electron chi connectivity index (χ3n) is 6.52. The molecule has 0 atom stereocenters. The fourth-order valence-electron chi connectivity index (χ4n) is 4.39. The van der Waals surface area contributed by atoms with Gasteiger partial charge < -0.3 is 38.9 Å². The smallest absolute Gasteiger partial charge is 0.322 e. The van der Waals surface area contributed by atoms with Crippen molar-refractivity contribution in [3.8, 4) is 28.7 Å². The zero-order valence-electron chi connectivity index (χ0n) is 21.9. The van der Waals surface area contributed by atoms with Gasteiger partial charge in [0, 0.05) is 29.2 Å². The summed E-state index contributed by atoms with van der Waals surface area (Å²) in [5, 5.41) is 3.70. The monoisotopic (exact) mass is 531 g/mol. The molecule has 0 fully saturated rings. The third kappa shape index (κ3) is 5.69. The summed E-state index contributed by atoms with van der Waals surface area (Å²) in [6.07, 6.45) is 0.528. The van der Waals surface area contributed by atoms with Gasteiger partial charge in [-0.3, -0.25) is 4.79 Å². The molecule has 202 valence electrons. The number of nitrogens with zero attached hydrogens (tertiary/aromatic N) is 1. The van der Waals surface area contributed by atoms with E-state index >= 15 is 0 Å². The van der Waals surface area contributed by atoms with E-state index in [1.807, 2.05) is 24.3 Å². The molecule has 0 saturated heterocycles. The van der Waals surface area contributed by atoms with Crippen molar-refractivity contribution in [1.29, 1.82) is 0 Å². The number of rotatable bonds is 9. The number of benzene rings is 3. The molecule has 39 heavy (non-hydrogen) atoms. The minimum Gasteiger partial charge on any atom is -0.497 e. The molecule has 1 aromatic heterocycles. The highest BCUT2D eigenvalue weighted by atomic mass is 16.7. The van der Waals surface area contributed by atoms with Crippen molar-refractivity contribution in [2.24, 2.45) is 0 Å². The minimum atomic E-state index is -0.342. The van der Waals surface area contributed by atoms with Crippen molar-refractivity contribution in [1.82, 2.24) is 9.88 Å². The molecule has 3 aromatic carbocycles. The van der Waals surface area contributed by atoms with E-state index in [2.05, 4.69) is 10.3 Å². The second-order valence-electron chi connectivity index (χ2n) is 8.94. The van der Waals surface area contributed by atoms with E-state index in [4.69, 9.17) is 23.7 Å². The molecule has 1 aliphatic heterocycles. The van der Waals surface area contributed by atoms with Gasteiger partial charge in [-0.25, -0.2) is 4.79 Å². The van der Waals surface area contributed by atoms with Crippen molar-refractivity contribution in [2.75, 3.05) is 40.0 Å². The molecule has 4 aromatic rings. The molecular weight excluding hydrogens is 502 g/mol. The van der Waals surface area contributed by atoms with Gasteiger partial charge in [-0.15, -0.1) is 0 Å². The number of methoxy groups -OCH3 is 3. The van der Waals surface area contributed by atoms with E-state index in [0.717, 1.165) is 10.9 Å². The fourth-order valence-corrected chi connectivity index (χ4v) is 4.39. The first-order valence-electron chi connectivity index (χ1n) is 12.3. The summed E-state index contributed by atoms with van der Waals surface area (Å²) in [4.78, 5) is 31.0. The Morgan fingerprint density at radius 3 is 2.38 bits per heavy atom. The molecule has 0 radical (unpaired) electrons. The van der Waals surface area contributed by atoms with Crippen LogP contribution in [0.4, 0.5) is 10.5 Å². The van der Waals surface area contributed by atoms with Gasteiger partial charge in [0.15, 0.2) is 23.0 Å². The maximum atomic E-state index is 13.4. The highest BCUT2D eigenvalue weighted by molar-refractivity contribution is 5.89. The quantitative estimate of drug-likeness (QED) is 0.326. The molecule has 2 amide bonds. The van der Waals surface area contributed by atoms with E-state index in [1.54, 1.807) is 62.6 Å². The second kappa shape index (κ2) is 11.3. The lowest BCUT2D eigenvalue weighted by molar-refractivity contribution is 0.174. The number of carbonyl (C=O) groups excluding carboxylic acids is 1. The van der Waals surface area contributed by atoms with Crippen LogP contribution in [0.3, 0.4) is 0 Å². The Kier molecular flexibility index (Phi) is 7.44. The van der Waals surface area contributed by atoms with Crippen molar-refractivity contribution in [3.05, 3.63) is 82.1 Å². The summed E-state index contributed by atoms with van der Waals surface area (Å²) in [6.45, 7) is 0.573. The number of aromatic amines is 1. The number of aromatic nitrogens is 1. The predicted molar refractivity (Wildman–Crippen MR) is 146 cm³/mol. The maximum Gasteiger partial charge on any atom is 0.322 e. The molecule has 0 aliphatic carbocycles. The zero-order chi connectivity index (χ0) is 27.4. The largest absolute Gasteiger partial charge is 0.497 e. The van der Waals surface area contributed by atoms with Gasteiger partial charge >= 0.3 is 6.03 Å². The highest BCUT2D eigenvalue weighted by Crippen LogP contribution is 2.35. The summed E-state index contributed by atoms with van der Waals surface area (Å²) in [5.41, 5.74) is 2.35. The van der Waals surface area contributed by atoms with Gasteiger partial charge in [-0.2, -0.15) is 0 Å². The van der Waals surface area contributed by atoms with E-state index in [0.29, 0.717) is 58.5 Å². The van der Waals surface area contributed by atoms with Gasteiger partial charge in [-0.1, -0.05) is 6.07 Å². The Morgan fingerprint density at radius 2 is 1.67 bits per heavy atom. The summed E-state index contributed by atoms with van der Waals surface area (Å²) < 4.78 is 26.9. The van der Waals surface area contributed by atoms with Crippen LogP contribution in [0.15, 0.2) is 65.5 Å². The Morgan fingerprint density at radius 1 is 0.923 bits per heavy atom. The molecule has 1 aliphatic rings. The van der Waals surface area contributed by atoms with Crippen LogP contribution in [0.2, 0.25) is 0 Å². The lowest BCUT2D eigenvalue weighted by atomic mass is 10.1. The van der Waals surface area contributed by atoms with E-state index in [-0.39, 0.29) is 24.9 Å². The summed E-state index contributed by atoms with van der Waals surface area (Å²) in [5.74, 6) is 3.11. The highest BCUT2D eigenvalue weighted by Gasteiger charge is 2.19. The number of H-pyrrole nitrogens is 1. The zero-order valence-corrected chi connectivity index (χ0v) is 21.9. The fraction of sp³-hybridized carbons (Fsp3) is 0.241.